The number of allylic oxidation sites excluding steroid dienone is 1. The smallest absolute Gasteiger partial charge is 0.0486 e. The first kappa shape index (κ1) is 12.0. The summed E-state index contributed by atoms with van der Waals surface area (Å²) in [7, 11) is 0. The molecule has 17 heavy (non-hydrogen) atoms. The number of hydrogen-bond donors (Lipinski definition) is 1. The second-order valence-electron chi connectivity index (χ2n) is 4.75. The van der Waals surface area contributed by atoms with Crippen molar-refractivity contribution in [2.45, 2.75) is 39.0 Å². The standard InChI is InChI=1S/C16H21N/c1-4-7-13(8-5-2)15-11-17-16-12(3)9-6-10-14(15)16/h4,6,9-11,13,17H,1,5,7-8H2,2-3H3. The molecule has 1 aromatic heterocycles. The molecule has 1 nitrogen and oxygen atoms in total. The van der Waals surface area contributed by atoms with Crippen LogP contribution in [0.3, 0.4) is 0 Å². The van der Waals surface area contributed by atoms with Crippen LogP contribution in [0, 0.1) is 6.92 Å². The number of fused-ring (bicyclic) bond motifs is 1. The van der Waals surface area contributed by atoms with Gasteiger partial charge in [0.15, 0.2) is 0 Å². The molecular weight excluding hydrogens is 206 g/mol. The molecule has 0 amide bonds. The minimum absolute atomic E-state index is 0.605. The van der Waals surface area contributed by atoms with Gasteiger partial charge in [0.1, 0.15) is 0 Å². The van der Waals surface area contributed by atoms with Crippen molar-refractivity contribution in [3.8, 4) is 0 Å². The number of aryl methyl sites for hydroxylation is 1. The Hall–Kier alpha value is -1.50. The molecular formula is C16H21N. The number of nitrogens with one attached hydrogen (secondary N) is 1. The minimum Gasteiger partial charge on any atom is -0.361 e. The zero-order valence-corrected chi connectivity index (χ0v) is 10.8. The van der Waals surface area contributed by atoms with Gasteiger partial charge in [0.2, 0.25) is 0 Å². The molecule has 0 fully saturated rings. The Kier molecular flexibility index (Phi) is 3.68. The molecule has 2 rings (SSSR count). The van der Waals surface area contributed by atoms with Crippen LogP contribution in [0.1, 0.15) is 43.2 Å². The lowest BCUT2D eigenvalue weighted by molar-refractivity contribution is 0.625. The molecule has 1 unspecified atom stereocenters. The van der Waals surface area contributed by atoms with Crippen LogP contribution in [0.15, 0.2) is 37.1 Å². The summed E-state index contributed by atoms with van der Waals surface area (Å²) in [5.41, 5.74) is 4.06. The Morgan fingerprint density at radius 2 is 2.24 bits per heavy atom. The van der Waals surface area contributed by atoms with Gasteiger partial charge in [-0.05, 0) is 36.8 Å². The molecule has 90 valence electrons. The maximum Gasteiger partial charge on any atom is 0.0486 e. The summed E-state index contributed by atoms with van der Waals surface area (Å²) >= 11 is 0. The van der Waals surface area contributed by atoms with Crippen LogP contribution in [0.2, 0.25) is 0 Å². The molecule has 0 aliphatic rings. The first-order valence-electron chi connectivity index (χ1n) is 6.45. The van der Waals surface area contributed by atoms with Crippen molar-refractivity contribution in [3.63, 3.8) is 0 Å². The van der Waals surface area contributed by atoms with Gasteiger partial charge >= 0.3 is 0 Å². The third kappa shape index (κ3) is 2.28. The largest absolute Gasteiger partial charge is 0.361 e. The van der Waals surface area contributed by atoms with Crippen LogP contribution in [0.5, 0.6) is 0 Å². The average Bonchev–Trinajstić information content (AvgIpc) is 2.74. The molecule has 2 aromatic rings. The molecule has 0 saturated heterocycles. The Bertz CT molecular complexity index is 507. The van der Waals surface area contributed by atoms with Crippen LogP contribution in [0.4, 0.5) is 0 Å². The van der Waals surface area contributed by atoms with Gasteiger partial charge in [-0.2, -0.15) is 0 Å². The van der Waals surface area contributed by atoms with E-state index in [9.17, 15) is 0 Å². The summed E-state index contributed by atoms with van der Waals surface area (Å²) in [5, 5.41) is 1.38. The van der Waals surface area contributed by atoms with Crippen molar-refractivity contribution in [3.05, 3.63) is 48.2 Å². The zero-order chi connectivity index (χ0) is 12.3. The fraction of sp³-hybridized carbons (Fsp3) is 0.375. The fourth-order valence-corrected chi connectivity index (χ4v) is 2.62. The van der Waals surface area contributed by atoms with E-state index in [1.54, 1.807) is 0 Å². The number of aromatic nitrogens is 1. The predicted molar refractivity (Wildman–Crippen MR) is 75.5 cm³/mol. The summed E-state index contributed by atoms with van der Waals surface area (Å²) in [6.07, 6.45) is 7.73. The van der Waals surface area contributed by atoms with Crippen molar-refractivity contribution >= 4 is 10.9 Å². The van der Waals surface area contributed by atoms with Crippen LogP contribution in [0.25, 0.3) is 10.9 Å². The van der Waals surface area contributed by atoms with Gasteiger partial charge in [0, 0.05) is 17.1 Å². The number of H-pyrrole nitrogens is 1. The number of benzene rings is 1. The molecule has 1 heterocycles. The van der Waals surface area contributed by atoms with Crippen molar-refractivity contribution < 1.29 is 0 Å². The topological polar surface area (TPSA) is 15.8 Å². The van der Waals surface area contributed by atoms with E-state index in [0.717, 1.165) is 6.42 Å². The summed E-state index contributed by atoms with van der Waals surface area (Å²) in [5.74, 6) is 0.605. The van der Waals surface area contributed by atoms with E-state index in [1.165, 1.54) is 34.9 Å². The zero-order valence-electron chi connectivity index (χ0n) is 10.8. The van der Waals surface area contributed by atoms with Gasteiger partial charge in [-0.15, -0.1) is 6.58 Å². The van der Waals surface area contributed by atoms with Gasteiger partial charge in [-0.1, -0.05) is 37.6 Å². The highest BCUT2D eigenvalue weighted by atomic mass is 14.7. The van der Waals surface area contributed by atoms with E-state index < -0.39 is 0 Å². The van der Waals surface area contributed by atoms with E-state index in [4.69, 9.17) is 0 Å². The second kappa shape index (κ2) is 5.22. The molecule has 1 heteroatoms. The van der Waals surface area contributed by atoms with Crippen molar-refractivity contribution in [1.29, 1.82) is 0 Å². The first-order valence-corrected chi connectivity index (χ1v) is 6.45. The summed E-state index contributed by atoms with van der Waals surface area (Å²) in [6.45, 7) is 8.28. The monoisotopic (exact) mass is 227 g/mol. The maximum atomic E-state index is 3.88. The molecule has 0 radical (unpaired) electrons. The van der Waals surface area contributed by atoms with Crippen LogP contribution in [-0.2, 0) is 0 Å². The normalized spacial score (nSPS) is 12.8. The summed E-state index contributed by atoms with van der Waals surface area (Å²) in [6, 6.07) is 6.52. The molecule has 0 saturated carbocycles. The predicted octanol–water partition coefficient (Wildman–Crippen LogP) is 4.94. The highest BCUT2D eigenvalue weighted by molar-refractivity contribution is 5.86. The van der Waals surface area contributed by atoms with Crippen molar-refractivity contribution in [2.24, 2.45) is 0 Å². The van der Waals surface area contributed by atoms with E-state index in [-0.39, 0.29) is 0 Å². The fourth-order valence-electron chi connectivity index (χ4n) is 2.62. The van der Waals surface area contributed by atoms with Gasteiger partial charge < -0.3 is 4.98 Å². The molecule has 1 aromatic carbocycles. The van der Waals surface area contributed by atoms with Gasteiger partial charge in [-0.25, -0.2) is 0 Å². The summed E-state index contributed by atoms with van der Waals surface area (Å²) in [4.78, 5) is 3.42. The lowest BCUT2D eigenvalue weighted by Gasteiger charge is -2.13. The average molecular weight is 227 g/mol. The number of aromatic amines is 1. The van der Waals surface area contributed by atoms with Crippen molar-refractivity contribution in [1.82, 2.24) is 4.98 Å². The van der Waals surface area contributed by atoms with E-state index in [1.807, 2.05) is 6.08 Å². The van der Waals surface area contributed by atoms with Crippen LogP contribution >= 0.6 is 0 Å². The van der Waals surface area contributed by atoms with E-state index in [0.29, 0.717) is 5.92 Å². The Morgan fingerprint density at radius 3 is 2.94 bits per heavy atom. The lowest BCUT2D eigenvalue weighted by Crippen LogP contribution is -1.96. The molecule has 1 atom stereocenters. The third-order valence-corrected chi connectivity index (χ3v) is 3.48. The lowest BCUT2D eigenvalue weighted by atomic mass is 9.91. The van der Waals surface area contributed by atoms with Gasteiger partial charge in [0.25, 0.3) is 0 Å². The Labute approximate surface area is 104 Å². The molecule has 0 spiro atoms. The Balaban J connectivity index is 2.46. The molecule has 1 N–H and O–H groups in total. The molecule has 0 aliphatic heterocycles. The van der Waals surface area contributed by atoms with E-state index >= 15 is 0 Å². The quantitative estimate of drug-likeness (QED) is 0.697. The second-order valence-corrected chi connectivity index (χ2v) is 4.75. The van der Waals surface area contributed by atoms with Crippen LogP contribution < -0.4 is 0 Å². The highest BCUT2D eigenvalue weighted by Gasteiger charge is 2.14. The van der Waals surface area contributed by atoms with Crippen molar-refractivity contribution in [2.75, 3.05) is 0 Å². The number of hydrogen-bond acceptors (Lipinski definition) is 0. The number of para-hydroxylation sites is 1. The minimum atomic E-state index is 0.605. The SMILES string of the molecule is C=CCC(CCC)c1c[nH]c2c(C)cccc12. The van der Waals surface area contributed by atoms with E-state index in [2.05, 4.69) is 49.8 Å². The Morgan fingerprint density at radius 1 is 1.41 bits per heavy atom. The summed E-state index contributed by atoms with van der Waals surface area (Å²) < 4.78 is 0. The molecule has 0 aliphatic carbocycles. The van der Waals surface area contributed by atoms with Gasteiger partial charge in [0.05, 0.1) is 0 Å². The molecule has 0 bridgehead atoms. The third-order valence-electron chi connectivity index (χ3n) is 3.48. The first-order chi connectivity index (χ1) is 8.27. The van der Waals surface area contributed by atoms with Crippen LogP contribution in [-0.4, -0.2) is 4.98 Å². The number of rotatable bonds is 5. The highest BCUT2D eigenvalue weighted by Crippen LogP contribution is 2.32. The van der Waals surface area contributed by atoms with Gasteiger partial charge in [-0.3, -0.25) is 0 Å². The maximum absolute atomic E-state index is 3.88.